The Morgan fingerprint density at radius 3 is 2.67 bits per heavy atom. The van der Waals surface area contributed by atoms with Gasteiger partial charge in [-0.25, -0.2) is 0 Å². The molecule has 0 spiro atoms. The summed E-state index contributed by atoms with van der Waals surface area (Å²) in [6, 6.07) is 3.48. The summed E-state index contributed by atoms with van der Waals surface area (Å²) < 4.78 is 4.88. The van der Waals surface area contributed by atoms with Gasteiger partial charge in [-0.15, -0.1) is 0 Å². The number of non-ortho nitro benzene ring substituents is 1. The zero-order chi connectivity index (χ0) is 13.7. The molecule has 8 heteroatoms. The van der Waals surface area contributed by atoms with Crippen LogP contribution in [0.25, 0.3) is 0 Å². The van der Waals surface area contributed by atoms with E-state index < -0.39 is 23.3 Å². The molecule has 0 aliphatic heterocycles. The number of carbonyl (C=O) groups excluding carboxylic acids is 1. The number of ether oxygens (including phenoxy) is 1. The highest BCUT2D eigenvalue weighted by Crippen LogP contribution is 2.23. The number of rotatable bonds is 5. The first kappa shape index (κ1) is 13.4. The number of nitro groups is 1. The van der Waals surface area contributed by atoms with Crippen LogP contribution in [-0.4, -0.2) is 35.6 Å². The van der Waals surface area contributed by atoms with Crippen molar-refractivity contribution < 1.29 is 24.4 Å². The Hall–Kier alpha value is -2.64. The minimum atomic E-state index is -1.22. The van der Waals surface area contributed by atoms with E-state index >= 15 is 0 Å². The van der Waals surface area contributed by atoms with E-state index in [0.29, 0.717) is 0 Å². The van der Waals surface area contributed by atoms with Crippen LogP contribution in [0.1, 0.15) is 10.4 Å². The smallest absolute Gasteiger partial charge is 0.322 e. The number of hydrogen-bond donors (Lipinski definition) is 2. The highest BCUT2D eigenvalue weighted by atomic mass is 16.6. The van der Waals surface area contributed by atoms with Crippen molar-refractivity contribution in [2.75, 3.05) is 13.7 Å². The predicted octanol–water partition coefficient (Wildman–Crippen LogP) is 0.418. The number of amides is 1. The van der Waals surface area contributed by atoms with Gasteiger partial charge in [0.2, 0.25) is 0 Å². The largest absolute Gasteiger partial charge is 0.496 e. The van der Waals surface area contributed by atoms with Gasteiger partial charge in [0.15, 0.2) is 0 Å². The van der Waals surface area contributed by atoms with Crippen molar-refractivity contribution in [1.82, 2.24) is 5.32 Å². The first-order valence-corrected chi connectivity index (χ1v) is 4.78. The Morgan fingerprint density at radius 2 is 2.17 bits per heavy atom. The molecule has 0 saturated carbocycles. The van der Waals surface area contributed by atoms with Crippen molar-refractivity contribution in [3.63, 3.8) is 0 Å². The Kier molecular flexibility index (Phi) is 4.19. The molecule has 8 nitrogen and oxygen atoms in total. The van der Waals surface area contributed by atoms with Gasteiger partial charge in [-0.2, -0.15) is 0 Å². The highest BCUT2D eigenvalue weighted by molar-refractivity contribution is 5.98. The van der Waals surface area contributed by atoms with Gasteiger partial charge >= 0.3 is 5.97 Å². The zero-order valence-corrected chi connectivity index (χ0v) is 9.37. The molecule has 0 bridgehead atoms. The van der Waals surface area contributed by atoms with Crippen molar-refractivity contribution in [3.05, 3.63) is 33.9 Å². The quantitative estimate of drug-likeness (QED) is 0.580. The van der Waals surface area contributed by atoms with Crippen molar-refractivity contribution in [1.29, 1.82) is 0 Å². The molecule has 0 aliphatic rings. The second-order valence-corrected chi connectivity index (χ2v) is 3.22. The maximum absolute atomic E-state index is 11.6. The number of carboxylic acid groups (broad SMARTS) is 1. The standard InChI is InChI=1S/C10H10N2O6/c1-18-8-3-2-6(12(16)17)4-7(8)10(15)11-5-9(13)14/h2-4H,5H2,1H3,(H,11,15)(H,13,14). The first-order valence-electron chi connectivity index (χ1n) is 4.78. The fourth-order valence-electron chi connectivity index (χ4n) is 1.24. The van der Waals surface area contributed by atoms with Crippen LogP contribution in [0.15, 0.2) is 18.2 Å². The Morgan fingerprint density at radius 1 is 1.50 bits per heavy atom. The molecule has 1 rings (SSSR count). The molecule has 1 aromatic carbocycles. The second-order valence-electron chi connectivity index (χ2n) is 3.22. The summed E-state index contributed by atoms with van der Waals surface area (Å²) in [5, 5.41) is 21.1. The monoisotopic (exact) mass is 254 g/mol. The van der Waals surface area contributed by atoms with E-state index in [-0.39, 0.29) is 17.0 Å². The highest BCUT2D eigenvalue weighted by Gasteiger charge is 2.17. The summed E-state index contributed by atoms with van der Waals surface area (Å²) in [6.07, 6.45) is 0. The molecule has 0 unspecified atom stereocenters. The number of nitrogens with one attached hydrogen (secondary N) is 1. The van der Waals surface area contributed by atoms with E-state index in [1.807, 2.05) is 0 Å². The molecule has 0 heterocycles. The first-order chi connectivity index (χ1) is 8.45. The third-order valence-electron chi connectivity index (χ3n) is 2.04. The lowest BCUT2D eigenvalue weighted by atomic mass is 10.1. The van der Waals surface area contributed by atoms with Crippen LogP contribution >= 0.6 is 0 Å². The van der Waals surface area contributed by atoms with Crippen molar-refractivity contribution >= 4 is 17.6 Å². The topological polar surface area (TPSA) is 119 Å². The minimum absolute atomic E-state index is 0.0899. The Labute approximate surface area is 101 Å². The Balaban J connectivity index is 3.03. The van der Waals surface area contributed by atoms with Crippen LogP contribution in [0, 0.1) is 10.1 Å². The van der Waals surface area contributed by atoms with Gasteiger partial charge in [-0.05, 0) is 6.07 Å². The summed E-state index contributed by atoms with van der Waals surface area (Å²) in [7, 11) is 1.30. The molecule has 1 aromatic rings. The lowest BCUT2D eigenvalue weighted by molar-refractivity contribution is -0.384. The van der Waals surface area contributed by atoms with E-state index in [0.717, 1.165) is 6.07 Å². The van der Waals surface area contributed by atoms with Gasteiger partial charge in [0.1, 0.15) is 12.3 Å². The number of nitrogens with zero attached hydrogens (tertiary/aromatic N) is 1. The predicted molar refractivity (Wildman–Crippen MR) is 59.6 cm³/mol. The van der Waals surface area contributed by atoms with Gasteiger partial charge in [0.05, 0.1) is 17.6 Å². The fourth-order valence-corrected chi connectivity index (χ4v) is 1.24. The summed E-state index contributed by atoms with van der Waals surface area (Å²) in [4.78, 5) is 31.9. The van der Waals surface area contributed by atoms with Crippen molar-refractivity contribution in [3.8, 4) is 5.75 Å². The molecular formula is C10H10N2O6. The van der Waals surface area contributed by atoms with E-state index in [4.69, 9.17) is 9.84 Å². The van der Waals surface area contributed by atoms with E-state index in [1.54, 1.807) is 0 Å². The van der Waals surface area contributed by atoms with Crippen molar-refractivity contribution in [2.45, 2.75) is 0 Å². The van der Waals surface area contributed by atoms with Gasteiger partial charge in [-0.1, -0.05) is 0 Å². The van der Waals surface area contributed by atoms with Gasteiger partial charge in [0.25, 0.3) is 11.6 Å². The minimum Gasteiger partial charge on any atom is -0.496 e. The van der Waals surface area contributed by atoms with Gasteiger partial charge < -0.3 is 15.2 Å². The van der Waals surface area contributed by atoms with Gasteiger partial charge in [-0.3, -0.25) is 19.7 Å². The van der Waals surface area contributed by atoms with Gasteiger partial charge in [0, 0.05) is 12.1 Å². The van der Waals surface area contributed by atoms with Crippen molar-refractivity contribution in [2.24, 2.45) is 0 Å². The van der Waals surface area contributed by atoms with E-state index in [2.05, 4.69) is 5.32 Å². The molecule has 0 radical (unpaired) electrons. The number of benzene rings is 1. The number of aliphatic carboxylic acids is 1. The zero-order valence-electron chi connectivity index (χ0n) is 9.37. The number of nitro benzene ring substituents is 1. The molecule has 1 amide bonds. The Bertz CT molecular complexity index is 499. The summed E-state index contributed by atoms with van der Waals surface area (Å²) in [6.45, 7) is -0.579. The average Bonchev–Trinajstić information content (AvgIpc) is 2.34. The molecule has 2 N–H and O–H groups in total. The van der Waals surface area contributed by atoms with Crippen LogP contribution in [0.3, 0.4) is 0 Å². The average molecular weight is 254 g/mol. The van der Waals surface area contributed by atoms with Crippen LogP contribution in [0.4, 0.5) is 5.69 Å². The van der Waals surface area contributed by atoms with E-state index in [1.165, 1.54) is 19.2 Å². The maximum Gasteiger partial charge on any atom is 0.322 e. The molecule has 18 heavy (non-hydrogen) atoms. The number of hydrogen-bond acceptors (Lipinski definition) is 5. The normalized spacial score (nSPS) is 9.61. The summed E-state index contributed by atoms with van der Waals surface area (Å²) in [5.74, 6) is -1.84. The summed E-state index contributed by atoms with van der Waals surface area (Å²) >= 11 is 0. The third kappa shape index (κ3) is 3.17. The molecule has 0 aromatic heterocycles. The van der Waals surface area contributed by atoms with Crippen LogP contribution in [0.2, 0.25) is 0 Å². The number of carboxylic acids is 1. The lowest BCUT2D eigenvalue weighted by Crippen LogP contribution is -2.29. The molecule has 96 valence electrons. The fraction of sp³-hybridized carbons (Fsp3) is 0.200. The number of carbonyl (C=O) groups is 2. The van der Waals surface area contributed by atoms with Crippen LogP contribution < -0.4 is 10.1 Å². The summed E-state index contributed by atoms with van der Waals surface area (Å²) in [5.41, 5.74) is -0.371. The third-order valence-corrected chi connectivity index (χ3v) is 2.04. The maximum atomic E-state index is 11.6. The van der Waals surface area contributed by atoms with Crippen LogP contribution in [0.5, 0.6) is 5.75 Å². The lowest BCUT2D eigenvalue weighted by Gasteiger charge is -2.07. The second kappa shape index (κ2) is 5.62. The van der Waals surface area contributed by atoms with E-state index in [9.17, 15) is 19.7 Å². The molecule has 0 atom stereocenters. The molecule has 0 saturated heterocycles. The molecule has 0 fully saturated rings. The van der Waals surface area contributed by atoms with Crippen LogP contribution in [-0.2, 0) is 4.79 Å². The molecular weight excluding hydrogens is 244 g/mol. The number of methoxy groups -OCH3 is 1. The SMILES string of the molecule is COc1ccc([N+](=O)[O-])cc1C(=O)NCC(=O)O. The molecule has 0 aliphatic carbocycles.